The van der Waals surface area contributed by atoms with E-state index in [4.69, 9.17) is 0 Å². The van der Waals surface area contributed by atoms with Gasteiger partial charge in [0.15, 0.2) is 0 Å². The Morgan fingerprint density at radius 1 is 0.525 bits per heavy atom. The molecule has 40 heavy (non-hydrogen) atoms. The van der Waals surface area contributed by atoms with Gasteiger partial charge in [-0.2, -0.15) is 0 Å². The van der Waals surface area contributed by atoms with Crippen molar-refractivity contribution in [2.24, 2.45) is 0 Å². The van der Waals surface area contributed by atoms with Crippen LogP contribution in [0.15, 0.2) is 152 Å². The molecule has 0 amide bonds. The number of benzene rings is 4. The summed E-state index contributed by atoms with van der Waals surface area (Å²) in [4.78, 5) is 11.1. The first-order chi connectivity index (χ1) is 19.4. The molecule has 0 saturated heterocycles. The van der Waals surface area contributed by atoms with Crippen LogP contribution in [0, 0.1) is 12.1 Å². The van der Waals surface area contributed by atoms with E-state index in [1.165, 1.54) is 11.1 Å². The molecule has 4 heteroatoms. The zero-order chi connectivity index (χ0) is 26.3. The Morgan fingerprint density at radius 2 is 1.15 bits per heavy atom. The second-order valence-corrected chi connectivity index (χ2v) is 8.91. The molecule has 6 aromatic rings. The zero-order valence-electron chi connectivity index (χ0n) is 21.6. The van der Waals surface area contributed by atoms with Gasteiger partial charge in [0.05, 0.1) is 0 Å². The van der Waals surface area contributed by atoms with Crippen LogP contribution in [-0.4, -0.2) is 9.97 Å². The minimum Gasteiger partial charge on any atom is -0.326 e. The fourth-order valence-electron chi connectivity index (χ4n) is 4.63. The Hall–Kier alpha value is -4.63. The Bertz CT molecular complexity index is 1650. The molecule has 0 atom stereocenters. The fourth-order valence-corrected chi connectivity index (χ4v) is 4.63. The van der Waals surface area contributed by atoms with Crippen molar-refractivity contribution in [1.82, 2.24) is 9.97 Å². The van der Waals surface area contributed by atoms with Gasteiger partial charge in [0.25, 0.3) is 0 Å². The van der Waals surface area contributed by atoms with Crippen LogP contribution in [-0.2, 0) is 20.1 Å². The minimum atomic E-state index is 0. The fraction of sp³-hybridized carbons (Fsp3) is 0. The number of anilines is 2. The Labute approximate surface area is 248 Å². The van der Waals surface area contributed by atoms with Gasteiger partial charge in [-0.15, -0.1) is 59.7 Å². The monoisotopic (exact) mass is 692 g/mol. The molecule has 1 aliphatic heterocycles. The maximum Gasteiger partial charge on any atom is 0.0444 e. The van der Waals surface area contributed by atoms with Crippen LogP contribution in [0.4, 0.5) is 11.4 Å². The third-order valence-corrected chi connectivity index (χ3v) is 6.41. The van der Waals surface area contributed by atoms with Gasteiger partial charge in [-0.05, 0) is 47.3 Å². The van der Waals surface area contributed by atoms with Crippen molar-refractivity contribution in [1.29, 1.82) is 0 Å². The first kappa shape index (κ1) is 27.0. The predicted octanol–water partition coefficient (Wildman–Crippen LogP) is 8.64. The number of rotatable bonds is 3. The standard InChI is InChI=1S/C25H17N2.C11H8N.Ir/c1-2-11-20(12-3-1)27-24-16-7-6-14-22(24)21-13-5-4-10-19(21)18-25(27)23-15-8-9-17-26-23;1-2-6-10(7-3-1)11-8-4-5-9-12-11;/h1-17H;1-6,8-9H;/q2*-1;. The normalized spacial score (nSPS) is 11.4. The van der Waals surface area contributed by atoms with E-state index in [0.717, 1.165) is 39.6 Å². The van der Waals surface area contributed by atoms with Gasteiger partial charge in [0, 0.05) is 49.6 Å². The quantitative estimate of drug-likeness (QED) is 0.174. The second-order valence-electron chi connectivity index (χ2n) is 8.91. The van der Waals surface area contributed by atoms with Crippen molar-refractivity contribution in [3.05, 3.63) is 175 Å². The predicted molar refractivity (Wildman–Crippen MR) is 159 cm³/mol. The maximum absolute atomic E-state index is 4.62. The Morgan fingerprint density at radius 3 is 1.85 bits per heavy atom. The van der Waals surface area contributed by atoms with Gasteiger partial charge in [0.2, 0.25) is 0 Å². The molecule has 1 radical (unpaired) electrons. The van der Waals surface area contributed by atoms with Crippen molar-refractivity contribution in [2.75, 3.05) is 4.90 Å². The van der Waals surface area contributed by atoms with E-state index in [1.807, 2.05) is 72.9 Å². The molecule has 0 bridgehead atoms. The summed E-state index contributed by atoms with van der Waals surface area (Å²) in [5.74, 6) is 0. The topological polar surface area (TPSA) is 29.0 Å². The number of hydrogen-bond donors (Lipinski definition) is 0. The molecule has 3 heterocycles. The molecule has 0 unspecified atom stereocenters. The molecule has 1 aliphatic rings. The molecule has 195 valence electrons. The summed E-state index contributed by atoms with van der Waals surface area (Å²) in [6.07, 6.45) is 7.27. The van der Waals surface area contributed by atoms with Gasteiger partial charge in [-0.3, -0.25) is 0 Å². The first-order valence-electron chi connectivity index (χ1n) is 12.9. The Kier molecular flexibility index (Phi) is 8.72. The average Bonchev–Trinajstić information content (AvgIpc) is 3.18. The molecule has 0 spiro atoms. The molecular weight excluding hydrogens is 667 g/mol. The number of aromatic nitrogens is 2. The van der Waals surface area contributed by atoms with Gasteiger partial charge in [0.1, 0.15) is 0 Å². The maximum atomic E-state index is 4.62. The molecule has 0 fully saturated rings. The van der Waals surface area contributed by atoms with Gasteiger partial charge >= 0.3 is 0 Å². The number of hydrogen-bond acceptors (Lipinski definition) is 3. The first-order valence-corrected chi connectivity index (χ1v) is 12.9. The summed E-state index contributed by atoms with van der Waals surface area (Å²) in [5, 5.41) is 0. The van der Waals surface area contributed by atoms with E-state index >= 15 is 0 Å². The molecule has 2 aromatic heterocycles. The third kappa shape index (κ3) is 5.84. The summed E-state index contributed by atoms with van der Waals surface area (Å²) in [6.45, 7) is 0. The number of para-hydroxylation sites is 2. The van der Waals surface area contributed by atoms with Crippen LogP contribution in [0.25, 0.3) is 28.1 Å². The van der Waals surface area contributed by atoms with Gasteiger partial charge in [-0.1, -0.05) is 78.4 Å². The van der Waals surface area contributed by atoms with Gasteiger partial charge < -0.3 is 14.9 Å². The molecule has 0 aliphatic carbocycles. The molecule has 0 N–H and O–H groups in total. The van der Waals surface area contributed by atoms with E-state index in [0.29, 0.717) is 0 Å². The minimum absolute atomic E-state index is 0. The summed E-state index contributed by atoms with van der Waals surface area (Å²) >= 11 is 0. The van der Waals surface area contributed by atoms with Crippen molar-refractivity contribution in [3.8, 4) is 22.4 Å². The molecular formula is C36H25IrN3-2. The van der Waals surface area contributed by atoms with Crippen LogP contribution < -0.4 is 4.90 Å². The number of pyridine rings is 2. The van der Waals surface area contributed by atoms with Crippen LogP contribution in [0.5, 0.6) is 0 Å². The van der Waals surface area contributed by atoms with Crippen molar-refractivity contribution < 1.29 is 20.1 Å². The van der Waals surface area contributed by atoms with Gasteiger partial charge in [-0.25, -0.2) is 0 Å². The van der Waals surface area contributed by atoms with E-state index in [9.17, 15) is 0 Å². The van der Waals surface area contributed by atoms with Crippen molar-refractivity contribution in [2.45, 2.75) is 0 Å². The molecule has 7 rings (SSSR count). The van der Waals surface area contributed by atoms with Crippen LogP contribution in [0.1, 0.15) is 11.3 Å². The summed E-state index contributed by atoms with van der Waals surface area (Å²) in [7, 11) is 0. The van der Waals surface area contributed by atoms with E-state index in [1.54, 1.807) is 6.20 Å². The largest absolute Gasteiger partial charge is 0.326 e. The molecule has 4 aromatic carbocycles. The Balaban J connectivity index is 0.000000209. The smallest absolute Gasteiger partial charge is 0.0444 e. The summed E-state index contributed by atoms with van der Waals surface area (Å²) < 4.78 is 0. The SMILES string of the molecule is [C-]1=C(c2ccccn2)N(c2ccccc2)c2ccccc2-c2ccccc21.[Ir].[c-]1ccccc1-c1ccccn1. The average molecular weight is 692 g/mol. The molecule has 0 saturated carbocycles. The van der Waals surface area contributed by atoms with Crippen molar-refractivity contribution in [3.63, 3.8) is 0 Å². The number of fused-ring (bicyclic) bond motifs is 3. The van der Waals surface area contributed by atoms with E-state index < -0.39 is 0 Å². The van der Waals surface area contributed by atoms with E-state index in [-0.39, 0.29) is 20.1 Å². The van der Waals surface area contributed by atoms with Crippen LogP contribution >= 0.6 is 0 Å². The zero-order valence-corrected chi connectivity index (χ0v) is 24.0. The summed E-state index contributed by atoms with van der Waals surface area (Å²) in [6, 6.07) is 50.1. The third-order valence-electron chi connectivity index (χ3n) is 6.41. The number of nitrogens with zero attached hydrogens (tertiary/aromatic N) is 3. The summed E-state index contributed by atoms with van der Waals surface area (Å²) in [5.41, 5.74) is 9.51. The van der Waals surface area contributed by atoms with E-state index in [2.05, 4.69) is 99.8 Å². The van der Waals surface area contributed by atoms with Crippen LogP contribution in [0.2, 0.25) is 0 Å². The molecule has 3 nitrogen and oxygen atoms in total. The van der Waals surface area contributed by atoms with Crippen LogP contribution in [0.3, 0.4) is 0 Å². The second kappa shape index (κ2) is 12.9. The van der Waals surface area contributed by atoms with Crippen molar-refractivity contribution >= 4 is 17.1 Å².